The Morgan fingerprint density at radius 1 is 0.231 bits per heavy atom. The summed E-state index contributed by atoms with van der Waals surface area (Å²) < 4.78 is 40.7. The Hall–Kier alpha value is -8.52. The molecule has 0 aromatic heterocycles. The molecule has 4 N–H and O–H groups in total. The molecule has 14 nitrogen and oxygen atoms in total. The molecule has 0 saturated carbocycles. The fraction of sp³-hybridized carbons (Fsp3) is 0.633. The monoisotopic (exact) mass is 1840 g/mol. The fourth-order valence-electron chi connectivity index (χ4n) is 18.8. The van der Waals surface area contributed by atoms with E-state index in [2.05, 4.69) is 62.8 Å². The minimum absolute atomic E-state index is 0.235. The van der Waals surface area contributed by atoms with E-state index >= 15 is 19.2 Å². The molecule has 134 heavy (non-hydrogen) atoms. The summed E-state index contributed by atoms with van der Waals surface area (Å²) in [5.74, 6) is 1.84. The van der Waals surface area contributed by atoms with E-state index in [1.54, 1.807) is 0 Å². The Kier molecular flexibility index (Phi) is 58.7. The van der Waals surface area contributed by atoms with E-state index in [0.717, 1.165) is 120 Å². The van der Waals surface area contributed by atoms with Gasteiger partial charge in [0.2, 0.25) is 23.3 Å². The van der Waals surface area contributed by atoms with Crippen LogP contribution >= 0.6 is 0 Å². The third-order valence-corrected chi connectivity index (χ3v) is 27.0. The van der Waals surface area contributed by atoms with Gasteiger partial charge in [-0.25, -0.2) is 0 Å². The van der Waals surface area contributed by atoms with Gasteiger partial charge in [0.25, 0.3) is 11.8 Å². The third kappa shape index (κ3) is 44.7. The standard InChI is InChI=1S/C120H182N4O10/c1-7-13-19-25-31-37-43-49-55-67-81-129-109-93-105(94-110(130-82-68-56-50-44-38-32-26-20-14-8-2)115(109)133-85-71-59-53-47-41-35-29-23-17-11-5)121-119(127)107(87-97-73-63-61-64-74-97)123-117(125)103-89-99-77-79-101-91-104(92-102-80-78-100(90-103)113(99)114(101)102)118(126)124-108(88-98-75-65-62-66-76-98)120(128)122-106-95-111(131-83-69-57-51-45-39-33-27-21-15-9-3)116(134-86-72-60-54-48-42-36-30-24-18-12-6)112(96-106)132-84-70-58-52-46-40-34-28-22-16-10-4/h61-66,73-80,89-96,107-108H,7-60,67-72,81-88H2,1-6H3,(H,121,127)(H,122,128)(H,123,125)(H,124,126). The van der Waals surface area contributed by atoms with Crippen LogP contribution in [0, 0.1) is 0 Å². The minimum atomic E-state index is -0.985. The minimum Gasteiger partial charge on any atom is -0.489 e. The second-order valence-electron chi connectivity index (χ2n) is 38.9. The van der Waals surface area contributed by atoms with Crippen molar-refractivity contribution in [1.82, 2.24) is 10.6 Å². The van der Waals surface area contributed by atoms with E-state index in [1.165, 1.54) is 308 Å². The van der Waals surface area contributed by atoms with Crippen molar-refractivity contribution in [2.45, 2.75) is 452 Å². The molecule has 0 aliphatic rings. The van der Waals surface area contributed by atoms with Gasteiger partial charge in [-0.3, -0.25) is 19.2 Å². The van der Waals surface area contributed by atoms with Gasteiger partial charge in [0, 0.05) is 59.6 Å². The molecule has 8 aromatic rings. The number of anilines is 2. The lowest BCUT2D eigenvalue weighted by atomic mass is 9.91. The zero-order valence-corrected chi connectivity index (χ0v) is 85.0. The molecule has 0 saturated heterocycles. The number of unbranched alkanes of at least 4 members (excludes halogenated alkanes) is 54. The van der Waals surface area contributed by atoms with Crippen molar-refractivity contribution >= 4 is 67.3 Å². The number of carbonyl (C=O) groups is 4. The van der Waals surface area contributed by atoms with E-state index in [1.807, 2.05) is 133 Å². The number of rotatable bonds is 84. The Labute approximate surface area is 812 Å². The largest absolute Gasteiger partial charge is 0.489 e. The maximum absolute atomic E-state index is 15.3. The first kappa shape index (κ1) is 111. The lowest BCUT2D eigenvalue weighted by Gasteiger charge is -2.22. The first-order valence-corrected chi connectivity index (χ1v) is 55.2. The number of hydrogen-bond donors (Lipinski definition) is 4. The fourth-order valence-corrected chi connectivity index (χ4v) is 18.8. The molecule has 0 spiro atoms. The number of ether oxygens (including phenoxy) is 6. The highest BCUT2D eigenvalue weighted by Crippen LogP contribution is 2.44. The maximum atomic E-state index is 15.3. The lowest BCUT2D eigenvalue weighted by molar-refractivity contribution is -0.118. The van der Waals surface area contributed by atoms with E-state index in [9.17, 15) is 0 Å². The van der Waals surface area contributed by atoms with Gasteiger partial charge >= 0.3 is 0 Å². The molecule has 0 fully saturated rings. The molecule has 2 atom stereocenters. The molecule has 0 aliphatic heterocycles. The molecule has 0 bridgehead atoms. The van der Waals surface area contributed by atoms with Crippen molar-refractivity contribution in [3.8, 4) is 34.5 Å². The summed E-state index contributed by atoms with van der Waals surface area (Å²) in [5.41, 5.74) is 3.62. The van der Waals surface area contributed by atoms with Crippen LogP contribution in [0.2, 0.25) is 0 Å². The third-order valence-electron chi connectivity index (χ3n) is 27.0. The molecule has 4 amide bonds. The van der Waals surface area contributed by atoms with Gasteiger partial charge in [0.05, 0.1) is 39.6 Å². The second-order valence-corrected chi connectivity index (χ2v) is 38.9. The molecule has 2 unspecified atom stereocenters. The number of nitrogens with one attached hydrogen (secondary N) is 4. The normalized spacial score (nSPS) is 12.0. The predicted octanol–water partition coefficient (Wildman–Crippen LogP) is 34.3. The topological polar surface area (TPSA) is 172 Å². The summed E-state index contributed by atoms with van der Waals surface area (Å²) >= 11 is 0. The Balaban J connectivity index is 1.02. The average molecular weight is 1840 g/mol. The van der Waals surface area contributed by atoms with Crippen molar-refractivity contribution in [2.75, 3.05) is 50.3 Å². The highest BCUT2D eigenvalue weighted by molar-refractivity contribution is 6.25. The smallest absolute Gasteiger partial charge is 0.251 e. The number of carbonyl (C=O) groups excluding carboxylic acids is 4. The second kappa shape index (κ2) is 71.0. The molecular formula is C120H182N4O10. The van der Waals surface area contributed by atoms with Crippen molar-refractivity contribution in [3.63, 3.8) is 0 Å². The quantitative estimate of drug-likeness (QED) is 0.0212. The molecule has 0 radical (unpaired) electrons. The van der Waals surface area contributed by atoms with Crippen molar-refractivity contribution in [3.05, 3.63) is 156 Å². The highest BCUT2D eigenvalue weighted by atomic mass is 16.5. The van der Waals surface area contributed by atoms with Gasteiger partial charge in [0.15, 0.2) is 23.0 Å². The number of amides is 4. The van der Waals surface area contributed by atoms with Crippen LogP contribution < -0.4 is 49.7 Å². The molecule has 0 aliphatic carbocycles. The van der Waals surface area contributed by atoms with Crippen LogP contribution in [0.1, 0.15) is 459 Å². The first-order chi connectivity index (χ1) is 66.0. The van der Waals surface area contributed by atoms with E-state index in [0.29, 0.717) is 96.6 Å². The van der Waals surface area contributed by atoms with Gasteiger partial charge < -0.3 is 49.7 Å². The van der Waals surface area contributed by atoms with Crippen molar-refractivity contribution in [1.29, 1.82) is 0 Å². The van der Waals surface area contributed by atoms with Gasteiger partial charge in [-0.2, -0.15) is 0 Å². The van der Waals surface area contributed by atoms with Crippen LogP contribution in [0.15, 0.2) is 133 Å². The van der Waals surface area contributed by atoms with E-state index in [4.69, 9.17) is 28.4 Å². The SMILES string of the molecule is CCCCCCCCCCCCOc1cc(NC(=O)C(Cc2ccccc2)NC(=O)c2cc3ccc4cc(C(=O)NC(Cc5ccccc5)C(=O)Nc5cc(OCCCCCCCCCCCC)c(OCCCCCCCCCCCC)c(OCCCCCCCCCCCC)c5)cc5ccc(c2)c3c45)cc(OCCCCCCCCCCCC)c1OCCCCCCCCCCCC. The van der Waals surface area contributed by atoms with Crippen LogP contribution in [0.5, 0.6) is 34.5 Å². The van der Waals surface area contributed by atoms with Gasteiger partial charge in [-0.15, -0.1) is 0 Å². The maximum Gasteiger partial charge on any atom is 0.251 e. The van der Waals surface area contributed by atoms with E-state index < -0.39 is 12.1 Å². The predicted molar refractivity (Wildman–Crippen MR) is 567 cm³/mol. The van der Waals surface area contributed by atoms with Crippen LogP contribution in [-0.2, 0) is 22.4 Å². The summed E-state index contributed by atoms with van der Waals surface area (Å²) in [7, 11) is 0. The van der Waals surface area contributed by atoms with Crippen LogP contribution in [0.4, 0.5) is 11.4 Å². The van der Waals surface area contributed by atoms with Gasteiger partial charge in [-0.1, -0.05) is 473 Å². The van der Waals surface area contributed by atoms with Crippen LogP contribution in [0.3, 0.4) is 0 Å². The summed E-state index contributed by atoms with van der Waals surface area (Å²) in [6.07, 6.45) is 73.6. The molecule has 8 rings (SSSR count). The van der Waals surface area contributed by atoms with Crippen LogP contribution in [-0.4, -0.2) is 75.4 Å². The molecule has 14 heteroatoms. The molecule has 8 aromatic carbocycles. The zero-order chi connectivity index (χ0) is 94.6. The summed E-state index contributed by atoms with van der Waals surface area (Å²) in [6.45, 7) is 16.7. The van der Waals surface area contributed by atoms with Gasteiger partial charge in [-0.05, 0) is 106 Å². The average Bonchev–Trinajstić information content (AvgIpc) is 0.734. The summed E-state index contributed by atoms with van der Waals surface area (Å²) in [6, 6.07) is 40.8. The summed E-state index contributed by atoms with van der Waals surface area (Å²) in [5, 5.41) is 18.2. The Morgan fingerprint density at radius 2 is 0.425 bits per heavy atom. The first-order valence-electron chi connectivity index (χ1n) is 55.2. The van der Waals surface area contributed by atoms with Crippen LogP contribution in [0.25, 0.3) is 32.3 Å². The van der Waals surface area contributed by atoms with Crippen molar-refractivity contribution < 1.29 is 47.6 Å². The molecular weight excluding hydrogens is 1660 g/mol. The highest BCUT2D eigenvalue weighted by Gasteiger charge is 2.29. The Bertz CT molecular complexity index is 3960. The zero-order valence-electron chi connectivity index (χ0n) is 85.0. The Morgan fingerprint density at radius 3 is 0.634 bits per heavy atom. The number of hydrogen-bond acceptors (Lipinski definition) is 10. The van der Waals surface area contributed by atoms with Gasteiger partial charge in [0.1, 0.15) is 12.1 Å². The lowest BCUT2D eigenvalue weighted by Crippen LogP contribution is -2.45. The van der Waals surface area contributed by atoms with Crippen molar-refractivity contribution in [2.24, 2.45) is 0 Å². The molecule has 742 valence electrons. The number of benzene rings is 8. The molecule has 0 heterocycles. The summed E-state index contributed by atoms with van der Waals surface area (Å²) in [4.78, 5) is 60.8. The van der Waals surface area contributed by atoms with E-state index in [-0.39, 0.29) is 36.5 Å².